The number of carbonyl (C=O) groups is 1. The number of fused-ring (bicyclic) bond motifs is 2. The molecule has 0 bridgehead atoms. The SMILES string of the molecule is CCCCCOc1ccc(C2NC(=O)c3oc4ccccc4c(=O)c32)cc1OCC. The van der Waals surface area contributed by atoms with E-state index in [9.17, 15) is 9.59 Å². The molecule has 1 atom stereocenters. The molecule has 6 nitrogen and oxygen atoms in total. The highest BCUT2D eigenvalue weighted by molar-refractivity contribution is 5.98. The normalized spacial score (nSPS) is 15.1. The fourth-order valence-corrected chi connectivity index (χ4v) is 3.73. The van der Waals surface area contributed by atoms with E-state index in [2.05, 4.69) is 12.2 Å². The highest BCUT2D eigenvalue weighted by Gasteiger charge is 2.36. The first kappa shape index (κ1) is 20.0. The Bertz CT molecular complexity index is 1130. The molecule has 0 radical (unpaired) electrons. The Morgan fingerprint density at radius 3 is 2.63 bits per heavy atom. The number of ether oxygens (including phenoxy) is 2. The van der Waals surface area contributed by atoms with Crippen molar-refractivity contribution < 1.29 is 18.7 Å². The van der Waals surface area contributed by atoms with E-state index in [4.69, 9.17) is 13.9 Å². The van der Waals surface area contributed by atoms with Gasteiger partial charge >= 0.3 is 0 Å². The second kappa shape index (κ2) is 8.61. The maximum absolute atomic E-state index is 13.1. The van der Waals surface area contributed by atoms with Gasteiger partial charge in [0, 0.05) is 0 Å². The van der Waals surface area contributed by atoms with Gasteiger partial charge in [0.1, 0.15) is 5.58 Å². The summed E-state index contributed by atoms with van der Waals surface area (Å²) < 4.78 is 17.4. The molecule has 1 unspecified atom stereocenters. The van der Waals surface area contributed by atoms with Gasteiger partial charge in [-0.2, -0.15) is 0 Å². The molecule has 1 N–H and O–H groups in total. The minimum absolute atomic E-state index is 0.0709. The third kappa shape index (κ3) is 3.65. The Kier molecular flexibility index (Phi) is 5.74. The molecule has 1 amide bonds. The second-order valence-corrected chi connectivity index (χ2v) is 7.27. The van der Waals surface area contributed by atoms with E-state index in [0.717, 1.165) is 24.8 Å². The molecule has 2 aromatic carbocycles. The standard InChI is InChI=1S/C24H25NO5/c1-3-5-8-13-29-18-12-11-15(14-19(18)28-4-2)21-20-22(26)16-9-6-7-10-17(16)30-23(20)24(27)25-21/h6-7,9-12,14,21H,3-5,8,13H2,1-2H3,(H,25,27). The maximum Gasteiger partial charge on any atom is 0.288 e. The smallest absolute Gasteiger partial charge is 0.288 e. The van der Waals surface area contributed by atoms with Crippen LogP contribution in [0.2, 0.25) is 0 Å². The van der Waals surface area contributed by atoms with Gasteiger partial charge in [0.25, 0.3) is 5.91 Å². The number of benzene rings is 2. The number of hydrogen-bond acceptors (Lipinski definition) is 5. The molecule has 0 fully saturated rings. The quantitative estimate of drug-likeness (QED) is 0.553. The van der Waals surface area contributed by atoms with Crippen LogP contribution in [0.25, 0.3) is 11.0 Å². The first-order valence-electron chi connectivity index (χ1n) is 10.4. The number of amides is 1. The van der Waals surface area contributed by atoms with E-state index in [1.165, 1.54) is 0 Å². The summed E-state index contributed by atoms with van der Waals surface area (Å²) in [5.41, 5.74) is 1.28. The van der Waals surface area contributed by atoms with Gasteiger partial charge in [0.05, 0.1) is 30.2 Å². The molecule has 156 valence electrons. The highest BCUT2D eigenvalue weighted by atomic mass is 16.5. The van der Waals surface area contributed by atoms with E-state index >= 15 is 0 Å². The van der Waals surface area contributed by atoms with E-state index in [1.54, 1.807) is 24.3 Å². The molecule has 6 heteroatoms. The Hall–Kier alpha value is -3.28. The van der Waals surface area contributed by atoms with Gasteiger partial charge in [-0.25, -0.2) is 0 Å². The maximum atomic E-state index is 13.1. The Morgan fingerprint density at radius 2 is 1.83 bits per heavy atom. The van der Waals surface area contributed by atoms with Gasteiger partial charge in [0.2, 0.25) is 5.76 Å². The Morgan fingerprint density at radius 1 is 1.00 bits per heavy atom. The van der Waals surface area contributed by atoms with Gasteiger partial charge in [-0.15, -0.1) is 0 Å². The van der Waals surface area contributed by atoms with Crippen LogP contribution in [-0.2, 0) is 0 Å². The van der Waals surface area contributed by atoms with Crippen LogP contribution in [0.3, 0.4) is 0 Å². The highest BCUT2D eigenvalue weighted by Crippen LogP contribution is 2.36. The molecule has 2 heterocycles. The van der Waals surface area contributed by atoms with Crippen molar-refractivity contribution in [1.82, 2.24) is 5.32 Å². The van der Waals surface area contributed by atoms with Crippen molar-refractivity contribution in [3.8, 4) is 11.5 Å². The summed E-state index contributed by atoms with van der Waals surface area (Å²) >= 11 is 0. The summed E-state index contributed by atoms with van der Waals surface area (Å²) in [7, 11) is 0. The van der Waals surface area contributed by atoms with Gasteiger partial charge in [-0.3, -0.25) is 9.59 Å². The lowest BCUT2D eigenvalue weighted by atomic mass is 9.99. The van der Waals surface area contributed by atoms with E-state index in [1.807, 2.05) is 25.1 Å². The van der Waals surface area contributed by atoms with Crippen LogP contribution in [0.5, 0.6) is 11.5 Å². The Balaban J connectivity index is 1.72. The summed E-state index contributed by atoms with van der Waals surface area (Å²) in [6.45, 7) is 5.15. The van der Waals surface area contributed by atoms with E-state index < -0.39 is 11.9 Å². The summed E-state index contributed by atoms with van der Waals surface area (Å²) in [5.74, 6) is 0.934. The molecule has 1 aliphatic rings. The van der Waals surface area contributed by atoms with Crippen molar-refractivity contribution in [2.24, 2.45) is 0 Å². The number of carbonyl (C=O) groups excluding carboxylic acids is 1. The molecule has 4 rings (SSSR count). The number of rotatable bonds is 8. The predicted molar refractivity (Wildman–Crippen MR) is 114 cm³/mol. The van der Waals surface area contributed by atoms with Crippen LogP contribution in [-0.4, -0.2) is 19.1 Å². The molecule has 0 spiro atoms. The van der Waals surface area contributed by atoms with Crippen molar-refractivity contribution in [2.45, 2.75) is 39.2 Å². The van der Waals surface area contributed by atoms with Crippen molar-refractivity contribution in [1.29, 1.82) is 0 Å². The number of hydrogen-bond donors (Lipinski definition) is 1. The van der Waals surface area contributed by atoms with Crippen molar-refractivity contribution in [2.75, 3.05) is 13.2 Å². The average Bonchev–Trinajstić information content (AvgIpc) is 3.09. The number of para-hydroxylation sites is 1. The minimum atomic E-state index is -0.596. The molecule has 3 aromatic rings. The fourth-order valence-electron chi connectivity index (χ4n) is 3.73. The third-order valence-electron chi connectivity index (χ3n) is 5.21. The lowest BCUT2D eigenvalue weighted by Crippen LogP contribution is -2.22. The van der Waals surface area contributed by atoms with Gasteiger partial charge in [0.15, 0.2) is 16.9 Å². The average molecular weight is 407 g/mol. The Labute approximate surface area is 174 Å². The zero-order valence-electron chi connectivity index (χ0n) is 17.2. The van der Waals surface area contributed by atoms with Crippen LogP contribution in [0.4, 0.5) is 0 Å². The summed E-state index contributed by atoms with van der Waals surface area (Å²) in [6, 6.07) is 11.9. The molecule has 1 aliphatic heterocycles. The summed E-state index contributed by atoms with van der Waals surface area (Å²) in [5, 5.41) is 3.33. The molecule has 1 aromatic heterocycles. The lowest BCUT2D eigenvalue weighted by Gasteiger charge is -2.16. The number of unbranched alkanes of at least 4 members (excludes halogenated alkanes) is 2. The number of nitrogens with one attached hydrogen (secondary N) is 1. The first-order chi connectivity index (χ1) is 14.6. The van der Waals surface area contributed by atoms with Crippen LogP contribution >= 0.6 is 0 Å². The van der Waals surface area contributed by atoms with E-state index in [-0.39, 0.29) is 11.2 Å². The molecular weight excluding hydrogens is 382 g/mol. The zero-order chi connectivity index (χ0) is 21.1. The van der Waals surface area contributed by atoms with Crippen LogP contribution in [0.1, 0.15) is 60.8 Å². The molecule has 0 saturated heterocycles. The molecule has 30 heavy (non-hydrogen) atoms. The summed E-state index contributed by atoms with van der Waals surface area (Å²) in [6.07, 6.45) is 3.21. The molecule has 0 saturated carbocycles. The first-order valence-corrected chi connectivity index (χ1v) is 10.4. The van der Waals surface area contributed by atoms with Gasteiger partial charge < -0.3 is 19.2 Å². The van der Waals surface area contributed by atoms with Gasteiger partial charge in [-0.05, 0) is 43.2 Å². The summed E-state index contributed by atoms with van der Waals surface area (Å²) in [4.78, 5) is 25.6. The van der Waals surface area contributed by atoms with Crippen molar-refractivity contribution >= 4 is 16.9 Å². The topological polar surface area (TPSA) is 77.8 Å². The zero-order valence-corrected chi connectivity index (χ0v) is 17.2. The molecule has 0 aliphatic carbocycles. The monoisotopic (exact) mass is 407 g/mol. The van der Waals surface area contributed by atoms with Gasteiger partial charge in [-0.1, -0.05) is 38.0 Å². The second-order valence-electron chi connectivity index (χ2n) is 7.27. The third-order valence-corrected chi connectivity index (χ3v) is 5.21. The van der Waals surface area contributed by atoms with Crippen molar-refractivity contribution in [3.05, 3.63) is 69.6 Å². The molecular formula is C24H25NO5. The van der Waals surface area contributed by atoms with Crippen LogP contribution in [0.15, 0.2) is 51.7 Å². The minimum Gasteiger partial charge on any atom is -0.490 e. The van der Waals surface area contributed by atoms with E-state index in [0.29, 0.717) is 41.2 Å². The largest absolute Gasteiger partial charge is 0.490 e. The predicted octanol–water partition coefficient (Wildman–Crippen LogP) is 4.59. The fraction of sp³-hybridized carbons (Fsp3) is 0.333. The van der Waals surface area contributed by atoms with Crippen LogP contribution in [0, 0.1) is 0 Å². The van der Waals surface area contributed by atoms with Crippen molar-refractivity contribution in [3.63, 3.8) is 0 Å². The van der Waals surface area contributed by atoms with Crippen LogP contribution < -0.4 is 20.2 Å². The lowest BCUT2D eigenvalue weighted by molar-refractivity contribution is 0.0938.